The van der Waals surface area contributed by atoms with Crippen LogP contribution in [-0.2, 0) is 37.2 Å². The summed E-state index contributed by atoms with van der Waals surface area (Å²) in [5.74, 6) is 0.375. The van der Waals surface area contributed by atoms with E-state index in [2.05, 4.69) is 13.0 Å². The minimum absolute atomic E-state index is 0.0227. The SMILES string of the molecule is CCC1[C](=[Mo])OCc2c1cc1n(c2=O)Cc2cc3cc(O)ccc3nc2-1. The van der Waals surface area contributed by atoms with Crippen molar-refractivity contribution in [1.29, 1.82) is 0 Å². The van der Waals surface area contributed by atoms with Crippen molar-refractivity contribution in [2.45, 2.75) is 32.4 Å². The van der Waals surface area contributed by atoms with Crippen LogP contribution in [0.3, 0.4) is 0 Å². The number of nitrogens with zero attached hydrogens (tertiary/aromatic N) is 2. The summed E-state index contributed by atoms with van der Waals surface area (Å²) in [6.45, 7) is 2.97. The summed E-state index contributed by atoms with van der Waals surface area (Å²) in [5.41, 5.74) is 5.45. The molecule has 6 heteroatoms. The van der Waals surface area contributed by atoms with Crippen LogP contribution in [-0.4, -0.2) is 18.7 Å². The predicted octanol–water partition coefficient (Wildman–Crippen LogP) is 2.83. The van der Waals surface area contributed by atoms with E-state index in [9.17, 15) is 9.90 Å². The summed E-state index contributed by atoms with van der Waals surface area (Å²) < 4.78 is 8.55. The van der Waals surface area contributed by atoms with Crippen molar-refractivity contribution in [3.63, 3.8) is 0 Å². The molecule has 0 saturated carbocycles. The van der Waals surface area contributed by atoms with Gasteiger partial charge in [-0.25, -0.2) is 0 Å². The molecule has 3 aromatic rings. The standard InChI is InChI=1S/C20H16N2O3.Mo/c1-2-11-9-25-10-16-15(11)7-18-19-13(8-22(18)20(16)24)5-12-6-14(23)3-4-17(12)21-19;/h3-7,11,23H,2,8,10H2,1H3;. The molecule has 2 aromatic heterocycles. The van der Waals surface area contributed by atoms with E-state index in [0.717, 1.165) is 49.5 Å². The molecule has 1 aromatic carbocycles. The number of aromatic hydroxyl groups is 1. The van der Waals surface area contributed by atoms with E-state index in [0.29, 0.717) is 13.2 Å². The molecular formula is C20H16MoN2O3. The second-order valence-electron chi connectivity index (χ2n) is 6.80. The molecular weight excluding hydrogens is 412 g/mol. The number of benzene rings is 1. The van der Waals surface area contributed by atoms with Crippen LogP contribution in [0.5, 0.6) is 5.75 Å². The van der Waals surface area contributed by atoms with E-state index in [1.807, 2.05) is 31.5 Å². The Kier molecular flexibility index (Phi) is 3.53. The van der Waals surface area contributed by atoms with Gasteiger partial charge < -0.3 is 0 Å². The number of phenols is 1. The Morgan fingerprint density at radius 3 is 3.00 bits per heavy atom. The molecule has 0 amide bonds. The van der Waals surface area contributed by atoms with E-state index in [1.54, 1.807) is 16.7 Å². The van der Waals surface area contributed by atoms with E-state index < -0.39 is 0 Å². The fourth-order valence-electron chi connectivity index (χ4n) is 4.00. The van der Waals surface area contributed by atoms with Gasteiger partial charge in [-0.05, 0) is 0 Å². The van der Waals surface area contributed by atoms with Crippen LogP contribution in [0.25, 0.3) is 22.3 Å². The van der Waals surface area contributed by atoms with E-state index >= 15 is 0 Å². The quantitative estimate of drug-likeness (QED) is 0.474. The van der Waals surface area contributed by atoms with Gasteiger partial charge >= 0.3 is 161 Å². The van der Waals surface area contributed by atoms with Crippen LogP contribution in [0, 0.1) is 0 Å². The summed E-state index contributed by atoms with van der Waals surface area (Å²) in [6, 6.07) is 9.31. The molecule has 0 spiro atoms. The molecule has 130 valence electrons. The van der Waals surface area contributed by atoms with Gasteiger partial charge in [0, 0.05) is 0 Å². The van der Waals surface area contributed by atoms with Gasteiger partial charge in [0.05, 0.1) is 0 Å². The van der Waals surface area contributed by atoms with Gasteiger partial charge in [-0.1, -0.05) is 0 Å². The first-order valence-electron chi connectivity index (χ1n) is 8.63. The summed E-state index contributed by atoms with van der Waals surface area (Å²) in [5, 5.41) is 10.6. The Balaban J connectivity index is 1.77. The number of aromatic nitrogens is 2. The predicted molar refractivity (Wildman–Crippen MR) is 95.0 cm³/mol. The fraction of sp³-hybridized carbons (Fsp3) is 0.250. The number of hydrogen-bond acceptors (Lipinski definition) is 4. The summed E-state index contributed by atoms with van der Waals surface area (Å²) in [7, 11) is 0. The number of hydrogen-bond donors (Lipinski definition) is 1. The molecule has 26 heavy (non-hydrogen) atoms. The Morgan fingerprint density at radius 2 is 2.19 bits per heavy atom. The van der Waals surface area contributed by atoms with Crippen molar-refractivity contribution in [1.82, 2.24) is 9.55 Å². The molecule has 2 aliphatic heterocycles. The third-order valence-corrected chi connectivity index (χ3v) is 6.30. The topological polar surface area (TPSA) is 64.3 Å². The molecule has 0 aliphatic carbocycles. The van der Waals surface area contributed by atoms with Crippen molar-refractivity contribution in [2.24, 2.45) is 0 Å². The second kappa shape index (κ2) is 5.70. The third-order valence-electron chi connectivity index (χ3n) is 5.31. The molecule has 0 bridgehead atoms. The first-order chi connectivity index (χ1) is 12.6. The summed E-state index contributed by atoms with van der Waals surface area (Å²) >= 11 is 1.91. The van der Waals surface area contributed by atoms with Crippen molar-refractivity contribution >= 4 is 15.0 Å². The first-order valence-corrected chi connectivity index (χ1v) is 9.63. The van der Waals surface area contributed by atoms with Gasteiger partial charge in [0.15, 0.2) is 0 Å². The van der Waals surface area contributed by atoms with Gasteiger partial charge in [0.2, 0.25) is 0 Å². The van der Waals surface area contributed by atoms with Crippen molar-refractivity contribution in [2.75, 3.05) is 0 Å². The molecule has 0 saturated heterocycles. The molecule has 0 fully saturated rings. The van der Waals surface area contributed by atoms with Gasteiger partial charge in [-0.3, -0.25) is 0 Å². The zero-order chi connectivity index (χ0) is 18.0. The molecule has 4 heterocycles. The van der Waals surface area contributed by atoms with Crippen LogP contribution in [0.15, 0.2) is 35.1 Å². The summed E-state index contributed by atoms with van der Waals surface area (Å²) in [6.07, 6.45) is 0.904. The molecule has 0 radical (unpaired) electrons. The maximum absolute atomic E-state index is 13.1. The zero-order valence-corrected chi connectivity index (χ0v) is 16.2. The number of ether oxygens (including phenoxy) is 1. The molecule has 5 rings (SSSR count). The average molecular weight is 428 g/mol. The molecule has 2 aliphatic rings. The Hall–Kier alpha value is -2.10. The van der Waals surface area contributed by atoms with Gasteiger partial charge in [-0.15, -0.1) is 0 Å². The third kappa shape index (κ3) is 2.20. The first kappa shape index (κ1) is 16.1. The van der Waals surface area contributed by atoms with Crippen molar-refractivity contribution in [3.8, 4) is 17.1 Å². The van der Waals surface area contributed by atoms with Crippen LogP contribution in [0.2, 0.25) is 0 Å². The zero-order valence-electron chi connectivity index (χ0n) is 14.2. The fourth-order valence-corrected chi connectivity index (χ4v) is 4.86. The van der Waals surface area contributed by atoms with Crippen LogP contribution < -0.4 is 5.56 Å². The average Bonchev–Trinajstić information content (AvgIpc) is 2.98. The molecule has 5 nitrogen and oxygen atoms in total. The van der Waals surface area contributed by atoms with Crippen LogP contribution in [0.1, 0.15) is 36.0 Å². The summed E-state index contributed by atoms with van der Waals surface area (Å²) in [4.78, 5) is 17.9. The van der Waals surface area contributed by atoms with Gasteiger partial charge in [0.25, 0.3) is 0 Å². The Labute approximate surface area is 160 Å². The molecule has 1 atom stereocenters. The number of fused-ring (bicyclic) bond motifs is 5. The van der Waals surface area contributed by atoms with E-state index in [4.69, 9.17) is 9.72 Å². The Morgan fingerprint density at radius 1 is 1.35 bits per heavy atom. The normalized spacial score (nSPS) is 17.9. The number of rotatable bonds is 1. The van der Waals surface area contributed by atoms with Crippen molar-refractivity contribution < 1.29 is 29.2 Å². The van der Waals surface area contributed by atoms with Crippen LogP contribution in [0.4, 0.5) is 0 Å². The van der Waals surface area contributed by atoms with Gasteiger partial charge in [-0.2, -0.15) is 0 Å². The van der Waals surface area contributed by atoms with E-state index in [1.165, 1.54) is 0 Å². The number of pyridine rings is 2. The second-order valence-corrected chi connectivity index (χ2v) is 7.79. The van der Waals surface area contributed by atoms with Crippen LogP contribution >= 0.6 is 0 Å². The van der Waals surface area contributed by atoms with E-state index in [-0.39, 0.29) is 17.2 Å². The van der Waals surface area contributed by atoms with Gasteiger partial charge in [0.1, 0.15) is 0 Å². The number of phenolic OH excluding ortho intramolecular Hbond substituents is 1. The molecule has 1 unspecified atom stereocenters. The Bertz CT molecular complexity index is 1170. The maximum atomic E-state index is 13.1. The minimum atomic E-state index is 0.0227. The molecule has 1 N–H and O–H groups in total. The monoisotopic (exact) mass is 430 g/mol. The van der Waals surface area contributed by atoms with Crippen molar-refractivity contribution in [3.05, 3.63) is 57.4 Å².